The quantitative estimate of drug-likeness (QED) is 0.458. The van der Waals surface area contributed by atoms with Gasteiger partial charge < -0.3 is 10.2 Å². The number of rotatable bonds is 7. The Hall–Kier alpha value is -3.39. The number of hydrogen-bond donors (Lipinski definition) is 2. The van der Waals surface area contributed by atoms with Crippen LogP contribution in [0.3, 0.4) is 0 Å². The van der Waals surface area contributed by atoms with Crippen LogP contribution in [0.5, 0.6) is 0 Å². The molecule has 0 saturated carbocycles. The normalized spacial score (nSPS) is 15.0. The Morgan fingerprint density at radius 3 is 2.47 bits per heavy atom. The van der Waals surface area contributed by atoms with Gasteiger partial charge in [-0.2, -0.15) is 10.2 Å². The number of pyridine rings is 1. The lowest BCUT2D eigenvalue weighted by Gasteiger charge is -2.39. The zero-order chi connectivity index (χ0) is 21.9. The van der Waals surface area contributed by atoms with Crippen molar-refractivity contribution in [1.82, 2.24) is 29.7 Å². The predicted octanol–water partition coefficient (Wildman–Crippen LogP) is 4.17. The fraction of sp³-hybridized carbons (Fsp3) is 0.375. The standard InChI is InChI=1S/C24H30N8/c1-3-20(4-2)30-11-13-31(14-12-30)21-7-5-19(6-8-21)29-22-9-10-23(18-15-26-27-16-18)32-24(22)25-17-28-32/h5-10,15-17,20,29H,3-4,11-14H2,1-2H3,(H,26,27). The third-order valence-electron chi connectivity index (χ3n) is 6.50. The summed E-state index contributed by atoms with van der Waals surface area (Å²) in [4.78, 5) is 9.58. The summed E-state index contributed by atoms with van der Waals surface area (Å²) in [7, 11) is 0. The predicted molar refractivity (Wildman–Crippen MR) is 128 cm³/mol. The second kappa shape index (κ2) is 9.00. The zero-order valence-corrected chi connectivity index (χ0v) is 18.7. The van der Waals surface area contributed by atoms with Crippen LogP contribution < -0.4 is 10.2 Å². The van der Waals surface area contributed by atoms with Crippen molar-refractivity contribution in [1.29, 1.82) is 0 Å². The van der Waals surface area contributed by atoms with Crippen molar-refractivity contribution in [2.45, 2.75) is 32.7 Å². The molecule has 0 aliphatic carbocycles. The first-order valence-corrected chi connectivity index (χ1v) is 11.4. The molecule has 1 saturated heterocycles. The molecule has 1 fully saturated rings. The highest BCUT2D eigenvalue weighted by Crippen LogP contribution is 2.27. The molecule has 0 amide bonds. The number of aromatic nitrogens is 5. The molecule has 1 aliphatic heterocycles. The molecule has 4 heterocycles. The van der Waals surface area contributed by atoms with E-state index in [-0.39, 0.29) is 0 Å². The molecule has 0 atom stereocenters. The molecule has 4 aromatic rings. The molecule has 32 heavy (non-hydrogen) atoms. The number of aromatic amines is 1. The molecule has 0 radical (unpaired) electrons. The summed E-state index contributed by atoms with van der Waals surface area (Å²) in [5, 5.41) is 14.8. The lowest BCUT2D eigenvalue weighted by molar-refractivity contribution is 0.175. The van der Waals surface area contributed by atoms with Crippen LogP contribution >= 0.6 is 0 Å². The van der Waals surface area contributed by atoms with Crippen LogP contribution in [0.25, 0.3) is 16.9 Å². The first-order valence-electron chi connectivity index (χ1n) is 11.4. The van der Waals surface area contributed by atoms with Gasteiger partial charge in [-0.1, -0.05) is 13.8 Å². The van der Waals surface area contributed by atoms with E-state index in [9.17, 15) is 0 Å². The van der Waals surface area contributed by atoms with Crippen molar-refractivity contribution in [2.75, 3.05) is 36.4 Å². The Morgan fingerprint density at radius 1 is 1.00 bits per heavy atom. The number of nitrogens with one attached hydrogen (secondary N) is 2. The van der Waals surface area contributed by atoms with E-state index in [4.69, 9.17) is 0 Å². The van der Waals surface area contributed by atoms with Gasteiger partial charge >= 0.3 is 0 Å². The Labute approximate surface area is 188 Å². The van der Waals surface area contributed by atoms with E-state index < -0.39 is 0 Å². The Kier molecular flexibility index (Phi) is 5.77. The van der Waals surface area contributed by atoms with Gasteiger partial charge in [0.2, 0.25) is 0 Å². The topological polar surface area (TPSA) is 77.4 Å². The SMILES string of the molecule is CCC(CC)N1CCN(c2ccc(Nc3ccc(-c4cn[nH]c4)n4ncnc34)cc2)CC1. The number of piperazine rings is 1. The molecule has 8 nitrogen and oxygen atoms in total. The maximum Gasteiger partial charge on any atom is 0.179 e. The van der Waals surface area contributed by atoms with E-state index in [0.717, 1.165) is 60.5 Å². The van der Waals surface area contributed by atoms with Gasteiger partial charge in [-0.15, -0.1) is 0 Å². The number of hydrogen-bond acceptors (Lipinski definition) is 6. The van der Waals surface area contributed by atoms with Gasteiger partial charge in [0.25, 0.3) is 0 Å². The average molecular weight is 431 g/mol. The average Bonchev–Trinajstić information content (AvgIpc) is 3.54. The molecule has 3 aromatic heterocycles. The Bertz CT molecular complexity index is 1140. The molecular formula is C24H30N8. The van der Waals surface area contributed by atoms with Crippen LogP contribution in [-0.4, -0.2) is 61.9 Å². The smallest absolute Gasteiger partial charge is 0.179 e. The third-order valence-corrected chi connectivity index (χ3v) is 6.50. The van der Waals surface area contributed by atoms with Crippen molar-refractivity contribution >= 4 is 22.7 Å². The van der Waals surface area contributed by atoms with E-state index in [1.54, 1.807) is 12.5 Å². The minimum absolute atomic E-state index is 0.720. The molecule has 2 N–H and O–H groups in total. The van der Waals surface area contributed by atoms with Gasteiger partial charge in [-0.3, -0.25) is 10.00 Å². The zero-order valence-electron chi connectivity index (χ0n) is 18.7. The Morgan fingerprint density at radius 2 is 1.78 bits per heavy atom. The summed E-state index contributed by atoms with van der Waals surface area (Å²) >= 11 is 0. The largest absolute Gasteiger partial charge is 0.369 e. The van der Waals surface area contributed by atoms with Crippen LogP contribution in [0.2, 0.25) is 0 Å². The number of anilines is 3. The molecule has 166 valence electrons. The van der Waals surface area contributed by atoms with Crippen LogP contribution in [0.1, 0.15) is 26.7 Å². The van der Waals surface area contributed by atoms with Gasteiger partial charge in [0.15, 0.2) is 5.65 Å². The minimum atomic E-state index is 0.720. The first-order chi connectivity index (χ1) is 15.8. The maximum absolute atomic E-state index is 4.46. The fourth-order valence-corrected chi connectivity index (χ4v) is 4.68. The van der Waals surface area contributed by atoms with Gasteiger partial charge in [-0.25, -0.2) is 9.50 Å². The van der Waals surface area contributed by atoms with Gasteiger partial charge in [0.1, 0.15) is 6.33 Å². The van der Waals surface area contributed by atoms with E-state index in [1.165, 1.54) is 18.5 Å². The highest BCUT2D eigenvalue weighted by atomic mass is 15.3. The van der Waals surface area contributed by atoms with Gasteiger partial charge in [0.05, 0.1) is 17.6 Å². The number of H-pyrrole nitrogens is 1. The summed E-state index contributed by atoms with van der Waals surface area (Å²) < 4.78 is 1.83. The number of fused-ring (bicyclic) bond motifs is 1. The van der Waals surface area contributed by atoms with E-state index >= 15 is 0 Å². The second-order valence-corrected chi connectivity index (χ2v) is 8.28. The van der Waals surface area contributed by atoms with Crippen molar-refractivity contribution in [3.8, 4) is 11.3 Å². The van der Waals surface area contributed by atoms with E-state index in [2.05, 4.69) is 73.5 Å². The molecule has 0 bridgehead atoms. The third kappa shape index (κ3) is 3.93. The summed E-state index contributed by atoms with van der Waals surface area (Å²) in [6.45, 7) is 9.04. The fourth-order valence-electron chi connectivity index (χ4n) is 4.68. The second-order valence-electron chi connectivity index (χ2n) is 8.28. The van der Waals surface area contributed by atoms with Gasteiger partial charge in [0, 0.05) is 55.4 Å². The first kappa shape index (κ1) is 20.5. The molecule has 1 aromatic carbocycles. The minimum Gasteiger partial charge on any atom is -0.369 e. The highest BCUT2D eigenvalue weighted by Gasteiger charge is 2.21. The van der Waals surface area contributed by atoms with Crippen LogP contribution in [-0.2, 0) is 0 Å². The molecule has 0 unspecified atom stereocenters. The number of nitrogens with zero attached hydrogens (tertiary/aromatic N) is 6. The summed E-state index contributed by atoms with van der Waals surface area (Å²) in [6, 6.07) is 13.5. The van der Waals surface area contributed by atoms with E-state index in [1.807, 2.05) is 22.8 Å². The Balaban J connectivity index is 1.28. The lowest BCUT2D eigenvalue weighted by atomic mass is 10.1. The maximum atomic E-state index is 4.46. The van der Waals surface area contributed by atoms with Crippen molar-refractivity contribution in [3.05, 3.63) is 55.1 Å². The highest BCUT2D eigenvalue weighted by molar-refractivity contribution is 5.77. The molecular weight excluding hydrogens is 400 g/mol. The van der Waals surface area contributed by atoms with Gasteiger partial charge in [-0.05, 0) is 49.2 Å². The molecule has 8 heteroatoms. The monoisotopic (exact) mass is 430 g/mol. The van der Waals surface area contributed by atoms with Crippen molar-refractivity contribution < 1.29 is 0 Å². The van der Waals surface area contributed by atoms with Crippen LogP contribution in [0.4, 0.5) is 17.1 Å². The van der Waals surface area contributed by atoms with Crippen molar-refractivity contribution in [2.24, 2.45) is 0 Å². The molecule has 1 aliphatic rings. The number of benzene rings is 1. The van der Waals surface area contributed by atoms with Crippen molar-refractivity contribution in [3.63, 3.8) is 0 Å². The molecule has 0 spiro atoms. The summed E-state index contributed by atoms with van der Waals surface area (Å²) in [5.74, 6) is 0. The lowest BCUT2D eigenvalue weighted by Crippen LogP contribution is -2.50. The van der Waals surface area contributed by atoms with Crippen LogP contribution in [0, 0.1) is 0 Å². The van der Waals surface area contributed by atoms with E-state index in [0.29, 0.717) is 0 Å². The van der Waals surface area contributed by atoms with Crippen LogP contribution in [0.15, 0.2) is 55.1 Å². The summed E-state index contributed by atoms with van der Waals surface area (Å²) in [5.41, 5.74) is 5.93. The molecule has 5 rings (SSSR count). The summed E-state index contributed by atoms with van der Waals surface area (Å²) in [6.07, 6.45) is 7.69.